The summed E-state index contributed by atoms with van der Waals surface area (Å²) in [6, 6.07) is -0.540. The van der Waals surface area contributed by atoms with Gasteiger partial charge in [-0.15, -0.1) is 0 Å². The molecule has 0 fully saturated rings. The number of carbonyl (C=O) groups is 2. The number of hydrogen-bond acceptors (Lipinski definition) is 5. The fourth-order valence-corrected chi connectivity index (χ4v) is 12.4. The number of hydrogen-bond donors (Lipinski definition) is 3. The molecule has 6 nitrogen and oxygen atoms in total. The van der Waals surface area contributed by atoms with Crippen molar-refractivity contribution in [3.8, 4) is 0 Å². The smallest absolute Gasteiger partial charge is 0.305 e. The SMILES string of the molecule is CCCCC/C=C\C/C=C\CCCCCCCC(=O)OCCCCCCCCCCCCCC/C=C\CCCCCCCCCCCCCCCCCCCC(=O)NC(CO)C(O)CCCCCCCCCCCCCCCCCCCCCCC. The summed E-state index contributed by atoms with van der Waals surface area (Å²) in [4.78, 5) is 24.6. The molecule has 508 valence electrons. The van der Waals surface area contributed by atoms with Crippen molar-refractivity contribution in [1.82, 2.24) is 5.32 Å². The molecule has 3 N–H and O–H groups in total. The lowest BCUT2D eigenvalue weighted by atomic mass is 10.0. The van der Waals surface area contributed by atoms with E-state index in [0.29, 0.717) is 25.9 Å². The van der Waals surface area contributed by atoms with E-state index < -0.39 is 12.1 Å². The lowest BCUT2D eigenvalue weighted by Crippen LogP contribution is -2.45. The number of allylic oxidation sites excluding steroid dienone is 6. The summed E-state index contributed by atoms with van der Waals surface area (Å²) in [5.74, 6) is -0.0217. The van der Waals surface area contributed by atoms with Gasteiger partial charge < -0.3 is 20.3 Å². The standard InChI is InChI=1S/C80H153NO5/c1-3-5-7-9-11-13-15-17-19-20-21-35-38-41-45-48-52-56-60-64-68-72-78(83)77(76-82)81-79(84)73-69-65-61-57-53-49-46-42-39-36-33-31-29-27-25-23-22-24-26-28-30-32-34-37-40-43-47-51-55-59-63-67-71-75-86-80(85)74-70-66-62-58-54-50-44-18-16-14-12-10-8-6-4-2/h12,14,18,26,28,44,77-78,82-83H,3-11,13,15-17,19-25,27,29-43,45-76H2,1-2H3,(H,81,84)/b14-12-,28-26-,44-18-. The van der Waals surface area contributed by atoms with Crippen molar-refractivity contribution in [1.29, 1.82) is 0 Å². The van der Waals surface area contributed by atoms with Crippen LogP contribution in [0, 0.1) is 0 Å². The number of esters is 1. The van der Waals surface area contributed by atoms with Gasteiger partial charge in [-0.05, 0) is 83.5 Å². The maximum absolute atomic E-state index is 12.6. The zero-order chi connectivity index (χ0) is 62.0. The molecule has 0 saturated carbocycles. The first-order chi connectivity index (χ1) is 42.5. The molecule has 0 saturated heterocycles. The Morgan fingerprint density at radius 3 is 0.919 bits per heavy atom. The van der Waals surface area contributed by atoms with Gasteiger partial charge in [0.25, 0.3) is 0 Å². The van der Waals surface area contributed by atoms with Gasteiger partial charge in [-0.25, -0.2) is 0 Å². The highest BCUT2D eigenvalue weighted by Crippen LogP contribution is 2.20. The van der Waals surface area contributed by atoms with Crippen molar-refractivity contribution >= 4 is 11.9 Å². The first kappa shape index (κ1) is 84.1. The number of aliphatic hydroxyl groups excluding tert-OH is 2. The van der Waals surface area contributed by atoms with Gasteiger partial charge in [0.1, 0.15) is 0 Å². The molecule has 86 heavy (non-hydrogen) atoms. The van der Waals surface area contributed by atoms with E-state index in [4.69, 9.17) is 4.74 Å². The Hall–Kier alpha value is -1.92. The second-order valence-electron chi connectivity index (χ2n) is 27.0. The molecule has 0 radical (unpaired) electrons. The number of ether oxygens (including phenoxy) is 1. The molecular formula is C80H153NO5. The minimum Gasteiger partial charge on any atom is -0.466 e. The summed E-state index contributed by atoms with van der Waals surface area (Å²) in [5, 5.41) is 23.5. The highest BCUT2D eigenvalue weighted by molar-refractivity contribution is 5.76. The molecule has 0 aliphatic rings. The van der Waals surface area contributed by atoms with Crippen LogP contribution in [0.4, 0.5) is 0 Å². The van der Waals surface area contributed by atoms with Crippen LogP contribution in [-0.2, 0) is 14.3 Å². The van der Waals surface area contributed by atoms with Crippen LogP contribution in [-0.4, -0.2) is 47.4 Å². The van der Waals surface area contributed by atoms with Gasteiger partial charge in [0, 0.05) is 12.8 Å². The zero-order valence-corrected chi connectivity index (χ0v) is 58.3. The fourth-order valence-electron chi connectivity index (χ4n) is 12.4. The predicted octanol–water partition coefficient (Wildman–Crippen LogP) is 25.8. The molecule has 0 aliphatic heterocycles. The van der Waals surface area contributed by atoms with E-state index >= 15 is 0 Å². The third-order valence-corrected chi connectivity index (χ3v) is 18.4. The Morgan fingerprint density at radius 2 is 0.581 bits per heavy atom. The summed E-state index contributed by atoms with van der Waals surface area (Å²) in [5.41, 5.74) is 0. The minimum absolute atomic E-state index is 0.00529. The van der Waals surface area contributed by atoms with Crippen LogP contribution in [0.15, 0.2) is 36.5 Å². The van der Waals surface area contributed by atoms with E-state index in [1.807, 2.05) is 0 Å². The molecule has 0 aromatic carbocycles. The second kappa shape index (κ2) is 75.5. The maximum atomic E-state index is 12.6. The topological polar surface area (TPSA) is 95.9 Å². The van der Waals surface area contributed by atoms with Crippen LogP contribution in [0.5, 0.6) is 0 Å². The Morgan fingerprint density at radius 1 is 0.326 bits per heavy atom. The van der Waals surface area contributed by atoms with Crippen molar-refractivity contribution in [3.05, 3.63) is 36.5 Å². The van der Waals surface area contributed by atoms with E-state index in [9.17, 15) is 19.8 Å². The summed E-state index contributed by atoms with van der Waals surface area (Å²) in [7, 11) is 0. The van der Waals surface area contributed by atoms with E-state index in [1.54, 1.807) is 0 Å². The fraction of sp³-hybridized carbons (Fsp3) is 0.900. The Bertz CT molecular complexity index is 1390. The van der Waals surface area contributed by atoms with E-state index in [1.165, 1.54) is 353 Å². The van der Waals surface area contributed by atoms with Gasteiger partial charge in [-0.1, -0.05) is 378 Å². The van der Waals surface area contributed by atoms with Gasteiger partial charge >= 0.3 is 5.97 Å². The molecule has 0 heterocycles. The van der Waals surface area contributed by atoms with E-state index in [2.05, 4.69) is 55.6 Å². The molecule has 0 aliphatic carbocycles. The third-order valence-electron chi connectivity index (χ3n) is 18.4. The molecule has 2 unspecified atom stereocenters. The molecule has 0 bridgehead atoms. The Balaban J connectivity index is 3.36. The Kier molecular flexibility index (Phi) is 73.9. The van der Waals surface area contributed by atoms with Crippen LogP contribution < -0.4 is 5.32 Å². The normalized spacial score (nSPS) is 12.7. The van der Waals surface area contributed by atoms with Crippen molar-refractivity contribution < 1.29 is 24.5 Å². The highest BCUT2D eigenvalue weighted by Gasteiger charge is 2.20. The maximum Gasteiger partial charge on any atom is 0.305 e. The molecule has 0 aromatic rings. The molecule has 2 atom stereocenters. The first-order valence-electron chi connectivity index (χ1n) is 39.2. The van der Waals surface area contributed by atoms with Crippen molar-refractivity contribution in [2.24, 2.45) is 0 Å². The van der Waals surface area contributed by atoms with Crippen LogP contribution in [0.1, 0.15) is 438 Å². The monoisotopic (exact) mass is 1210 g/mol. The minimum atomic E-state index is -0.663. The van der Waals surface area contributed by atoms with E-state index in [-0.39, 0.29) is 18.5 Å². The zero-order valence-electron chi connectivity index (χ0n) is 58.3. The third kappa shape index (κ3) is 71.2. The predicted molar refractivity (Wildman–Crippen MR) is 379 cm³/mol. The average molecular weight is 1210 g/mol. The van der Waals surface area contributed by atoms with Crippen molar-refractivity contribution in [2.45, 2.75) is 450 Å². The number of rotatable bonds is 74. The second-order valence-corrected chi connectivity index (χ2v) is 27.0. The number of carbonyl (C=O) groups excluding carboxylic acids is 2. The number of unbranched alkanes of at least 4 members (excludes halogenated alkanes) is 57. The average Bonchev–Trinajstić information content (AvgIpc) is 3.53. The largest absolute Gasteiger partial charge is 0.466 e. The molecular weight excluding hydrogens is 1050 g/mol. The highest BCUT2D eigenvalue weighted by atomic mass is 16.5. The van der Waals surface area contributed by atoms with Crippen LogP contribution in [0.3, 0.4) is 0 Å². The molecule has 6 heteroatoms. The van der Waals surface area contributed by atoms with E-state index in [0.717, 1.165) is 51.4 Å². The summed E-state index contributed by atoms with van der Waals surface area (Å²) < 4.78 is 5.49. The molecule has 0 aromatic heterocycles. The summed E-state index contributed by atoms with van der Waals surface area (Å²) in [6.45, 7) is 4.97. The van der Waals surface area contributed by atoms with Gasteiger partial charge in [0.05, 0.1) is 25.4 Å². The van der Waals surface area contributed by atoms with Crippen molar-refractivity contribution in [2.75, 3.05) is 13.2 Å². The van der Waals surface area contributed by atoms with Gasteiger partial charge in [0.15, 0.2) is 0 Å². The van der Waals surface area contributed by atoms with Gasteiger partial charge in [-0.2, -0.15) is 0 Å². The van der Waals surface area contributed by atoms with Crippen LogP contribution in [0.25, 0.3) is 0 Å². The lowest BCUT2D eigenvalue weighted by Gasteiger charge is -2.22. The number of aliphatic hydroxyl groups is 2. The summed E-state index contributed by atoms with van der Waals surface area (Å²) in [6.07, 6.45) is 98.0. The van der Waals surface area contributed by atoms with Crippen molar-refractivity contribution in [3.63, 3.8) is 0 Å². The molecule has 1 amide bonds. The lowest BCUT2D eigenvalue weighted by molar-refractivity contribution is -0.143. The molecule has 0 spiro atoms. The van der Waals surface area contributed by atoms with Gasteiger partial charge in [0.2, 0.25) is 5.91 Å². The quantitative estimate of drug-likeness (QED) is 0.0320. The Labute approximate surface area is 538 Å². The number of amides is 1. The molecule has 0 rings (SSSR count). The van der Waals surface area contributed by atoms with Crippen LogP contribution in [0.2, 0.25) is 0 Å². The summed E-state index contributed by atoms with van der Waals surface area (Å²) >= 11 is 0. The van der Waals surface area contributed by atoms with Gasteiger partial charge in [-0.3, -0.25) is 9.59 Å². The first-order valence-corrected chi connectivity index (χ1v) is 39.2. The number of nitrogens with one attached hydrogen (secondary N) is 1. The van der Waals surface area contributed by atoms with Crippen LogP contribution >= 0.6 is 0 Å².